The van der Waals surface area contributed by atoms with E-state index in [1.54, 1.807) is 14.2 Å². The Morgan fingerprint density at radius 2 is 1.93 bits per heavy atom. The molecule has 3 rings (SSSR count). The number of aromatic nitrogens is 3. The molecule has 0 aliphatic heterocycles. The summed E-state index contributed by atoms with van der Waals surface area (Å²) in [6.45, 7) is 10.0. The predicted molar refractivity (Wildman–Crippen MR) is 110 cm³/mol. The topological polar surface area (TPSA) is 49.2 Å². The minimum absolute atomic E-state index is 0.353. The predicted octanol–water partition coefficient (Wildman–Crippen LogP) is 4.75. The van der Waals surface area contributed by atoms with Gasteiger partial charge in [0.15, 0.2) is 0 Å². The van der Waals surface area contributed by atoms with Gasteiger partial charge in [-0.05, 0) is 48.6 Å². The highest BCUT2D eigenvalue weighted by Crippen LogP contribution is 2.34. The van der Waals surface area contributed by atoms with Gasteiger partial charge in [-0.3, -0.25) is 0 Å². The highest BCUT2D eigenvalue weighted by Gasteiger charge is 2.18. The van der Waals surface area contributed by atoms with Gasteiger partial charge in [-0.15, -0.1) is 0 Å². The lowest BCUT2D eigenvalue weighted by Gasteiger charge is -2.14. The summed E-state index contributed by atoms with van der Waals surface area (Å²) in [7, 11) is 3.40. The van der Waals surface area contributed by atoms with E-state index >= 15 is 0 Å². The molecule has 0 aliphatic carbocycles. The maximum absolute atomic E-state index is 5.62. The molecule has 0 atom stereocenters. The summed E-state index contributed by atoms with van der Waals surface area (Å²) in [4.78, 5) is 9.75. The third-order valence-electron chi connectivity index (χ3n) is 4.95. The zero-order valence-electron chi connectivity index (χ0n) is 17.2. The van der Waals surface area contributed by atoms with Gasteiger partial charge in [0.2, 0.25) is 5.88 Å². The first-order chi connectivity index (χ1) is 13.0. The van der Waals surface area contributed by atoms with Crippen LogP contribution in [0.3, 0.4) is 0 Å². The Morgan fingerprint density at radius 3 is 2.56 bits per heavy atom. The Bertz CT molecular complexity index is 944. The van der Waals surface area contributed by atoms with Crippen molar-refractivity contribution in [1.29, 1.82) is 0 Å². The van der Waals surface area contributed by atoms with E-state index in [1.807, 2.05) is 0 Å². The van der Waals surface area contributed by atoms with E-state index in [2.05, 4.69) is 56.7 Å². The zero-order chi connectivity index (χ0) is 19.6. The number of rotatable bonds is 7. The smallest absolute Gasteiger partial charge is 0.222 e. The van der Waals surface area contributed by atoms with E-state index in [-0.39, 0.29) is 0 Å². The van der Waals surface area contributed by atoms with Crippen LogP contribution in [0.2, 0.25) is 0 Å². The Morgan fingerprint density at radius 1 is 1.15 bits per heavy atom. The van der Waals surface area contributed by atoms with Gasteiger partial charge in [-0.25, -0.2) is 9.97 Å². The molecule has 0 radical (unpaired) electrons. The monoisotopic (exact) mass is 367 g/mol. The summed E-state index contributed by atoms with van der Waals surface area (Å²) in [5.74, 6) is 0.991. The summed E-state index contributed by atoms with van der Waals surface area (Å²) >= 11 is 0. The third kappa shape index (κ3) is 3.69. The average molecular weight is 367 g/mol. The van der Waals surface area contributed by atoms with E-state index < -0.39 is 0 Å². The second-order valence-corrected chi connectivity index (χ2v) is 7.16. The van der Waals surface area contributed by atoms with Crippen molar-refractivity contribution < 1.29 is 9.47 Å². The highest BCUT2D eigenvalue weighted by atomic mass is 16.5. The molecule has 0 amide bonds. The minimum Gasteiger partial charge on any atom is -0.480 e. The van der Waals surface area contributed by atoms with E-state index in [1.165, 1.54) is 5.56 Å². The first-order valence-electron chi connectivity index (χ1n) is 9.53. The van der Waals surface area contributed by atoms with Crippen molar-refractivity contribution in [3.8, 4) is 17.1 Å². The van der Waals surface area contributed by atoms with Crippen LogP contribution in [0, 0.1) is 6.92 Å². The summed E-state index contributed by atoms with van der Waals surface area (Å²) in [6.07, 6.45) is 3.04. The van der Waals surface area contributed by atoms with Crippen LogP contribution in [0.25, 0.3) is 22.3 Å². The zero-order valence-corrected chi connectivity index (χ0v) is 17.2. The van der Waals surface area contributed by atoms with Crippen LogP contribution in [-0.4, -0.2) is 35.4 Å². The summed E-state index contributed by atoms with van der Waals surface area (Å²) in [5.41, 5.74) is 7.45. The SMILES string of the molecule is CCc1cc2c(nc1-c1ccc(C(C)C)nc1OC)c(C)cn2CCOC. The molecule has 5 nitrogen and oxygen atoms in total. The number of ether oxygens (including phenoxy) is 2. The summed E-state index contributed by atoms with van der Waals surface area (Å²) in [6, 6.07) is 6.41. The number of aryl methyl sites for hydroxylation is 2. The molecule has 0 unspecified atom stereocenters. The fourth-order valence-electron chi connectivity index (χ4n) is 3.41. The van der Waals surface area contributed by atoms with Gasteiger partial charge >= 0.3 is 0 Å². The van der Waals surface area contributed by atoms with Crippen molar-refractivity contribution in [2.45, 2.75) is 46.6 Å². The van der Waals surface area contributed by atoms with Gasteiger partial charge in [-0.1, -0.05) is 20.8 Å². The van der Waals surface area contributed by atoms with E-state index in [9.17, 15) is 0 Å². The van der Waals surface area contributed by atoms with Crippen molar-refractivity contribution in [2.75, 3.05) is 20.8 Å². The van der Waals surface area contributed by atoms with Crippen LogP contribution in [-0.2, 0) is 17.7 Å². The van der Waals surface area contributed by atoms with Gasteiger partial charge in [0.1, 0.15) is 0 Å². The molecule has 144 valence electrons. The normalized spacial score (nSPS) is 11.5. The number of methoxy groups -OCH3 is 2. The lowest BCUT2D eigenvalue weighted by Crippen LogP contribution is -2.04. The number of pyridine rings is 2. The minimum atomic E-state index is 0.353. The maximum atomic E-state index is 5.62. The first-order valence-corrected chi connectivity index (χ1v) is 9.53. The van der Waals surface area contributed by atoms with Gasteiger partial charge in [0.05, 0.1) is 36.0 Å². The van der Waals surface area contributed by atoms with Crippen LogP contribution in [0.5, 0.6) is 5.88 Å². The van der Waals surface area contributed by atoms with Gasteiger partial charge in [0.25, 0.3) is 0 Å². The molecule has 3 heterocycles. The van der Waals surface area contributed by atoms with Crippen LogP contribution < -0.4 is 4.74 Å². The molecule has 0 saturated heterocycles. The number of hydrogen-bond donors (Lipinski definition) is 0. The Labute approximate surface area is 161 Å². The fourth-order valence-corrected chi connectivity index (χ4v) is 3.41. The highest BCUT2D eigenvalue weighted by molar-refractivity contribution is 5.85. The lowest BCUT2D eigenvalue weighted by atomic mass is 10.0. The molecule has 5 heteroatoms. The Hall–Kier alpha value is -2.40. The second-order valence-electron chi connectivity index (χ2n) is 7.16. The van der Waals surface area contributed by atoms with Gasteiger partial charge in [0, 0.05) is 25.5 Å². The largest absolute Gasteiger partial charge is 0.480 e. The lowest BCUT2D eigenvalue weighted by molar-refractivity contribution is 0.188. The van der Waals surface area contributed by atoms with Crippen molar-refractivity contribution in [3.63, 3.8) is 0 Å². The maximum Gasteiger partial charge on any atom is 0.222 e. The van der Waals surface area contributed by atoms with E-state index in [0.29, 0.717) is 18.4 Å². The molecule has 0 fully saturated rings. The van der Waals surface area contributed by atoms with Crippen molar-refractivity contribution in [3.05, 3.63) is 41.2 Å². The summed E-state index contributed by atoms with van der Waals surface area (Å²) in [5, 5.41) is 0. The molecule has 0 spiro atoms. The molecule has 0 saturated carbocycles. The molecule has 3 aromatic rings. The second kappa shape index (κ2) is 8.09. The van der Waals surface area contributed by atoms with Crippen LogP contribution >= 0.6 is 0 Å². The molecule has 0 aromatic carbocycles. The Kier molecular flexibility index (Phi) is 5.80. The molecule has 27 heavy (non-hydrogen) atoms. The van der Waals surface area contributed by atoms with Gasteiger partial charge < -0.3 is 14.0 Å². The molecular weight excluding hydrogens is 338 g/mol. The van der Waals surface area contributed by atoms with E-state index in [0.717, 1.165) is 46.5 Å². The Balaban J connectivity index is 2.18. The summed E-state index contributed by atoms with van der Waals surface area (Å²) < 4.78 is 13.1. The molecule has 0 N–H and O–H groups in total. The van der Waals surface area contributed by atoms with Crippen molar-refractivity contribution in [2.24, 2.45) is 0 Å². The van der Waals surface area contributed by atoms with Crippen molar-refractivity contribution in [1.82, 2.24) is 14.5 Å². The number of fused-ring (bicyclic) bond motifs is 1. The molecule has 0 bridgehead atoms. The standard InChI is InChI=1S/C22H29N3O2/c1-7-16-12-19-20(15(4)13-25(19)10-11-26-5)24-21(16)17-8-9-18(14(2)3)23-22(17)27-6/h8-9,12-14H,7,10-11H2,1-6H3. The third-order valence-corrected chi connectivity index (χ3v) is 4.95. The van der Waals surface area contributed by atoms with Gasteiger partial charge in [-0.2, -0.15) is 0 Å². The van der Waals surface area contributed by atoms with Crippen molar-refractivity contribution >= 4 is 11.0 Å². The number of nitrogens with zero attached hydrogens (tertiary/aromatic N) is 3. The molecular formula is C22H29N3O2. The van der Waals surface area contributed by atoms with Crippen LogP contribution in [0.4, 0.5) is 0 Å². The molecule has 3 aromatic heterocycles. The van der Waals surface area contributed by atoms with Crippen LogP contribution in [0.1, 0.15) is 43.5 Å². The quantitative estimate of drug-likeness (QED) is 0.605. The first kappa shape index (κ1) is 19.4. The average Bonchev–Trinajstić information content (AvgIpc) is 2.99. The van der Waals surface area contributed by atoms with E-state index in [4.69, 9.17) is 19.4 Å². The molecule has 0 aliphatic rings. The number of hydrogen-bond acceptors (Lipinski definition) is 4. The fraction of sp³-hybridized carbons (Fsp3) is 0.455. The van der Waals surface area contributed by atoms with Crippen LogP contribution in [0.15, 0.2) is 24.4 Å².